The first kappa shape index (κ1) is 14.4. The highest BCUT2D eigenvalue weighted by atomic mass is 32.2. The molecule has 0 spiro atoms. The van der Waals surface area contributed by atoms with E-state index in [1.165, 1.54) is 23.6 Å². The first-order chi connectivity index (χ1) is 9.40. The highest BCUT2D eigenvalue weighted by Crippen LogP contribution is 2.47. The summed E-state index contributed by atoms with van der Waals surface area (Å²) in [5.41, 5.74) is 0.00465. The van der Waals surface area contributed by atoms with Crippen LogP contribution in [0.2, 0.25) is 0 Å². The topological polar surface area (TPSA) is 116 Å². The molecule has 1 saturated heterocycles. The third kappa shape index (κ3) is 2.77. The van der Waals surface area contributed by atoms with E-state index in [9.17, 15) is 19.2 Å². The highest BCUT2D eigenvalue weighted by Gasteiger charge is 2.47. The molecule has 0 unspecified atom stereocenters. The van der Waals surface area contributed by atoms with E-state index in [1.807, 2.05) is 5.32 Å². The molecule has 9 heteroatoms. The van der Waals surface area contributed by atoms with Crippen LogP contribution in [0.15, 0.2) is 10.6 Å². The summed E-state index contributed by atoms with van der Waals surface area (Å²) in [5, 5.41) is 13.5. The number of imide groups is 1. The zero-order valence-corrected chi connectivity index (χ0v) is 11.5. The van der Waals surface area contributed by atoms with Crippen LogP contribution >= 0.6 is 11.8 Å². The smallest absolute Gasteiger partial charge is 0.353 e. The zero-order chi connectivity index (χ0) is 14.9. The summed E-state index contributed by atoms with van der Waals surface area (Å²) in [4.78, 5) is 46.2. The van der Waals surface area contributed by atoms with Gasteiger partial charge in [0.1, 0.15) is 5.70 Å². The van der Waals surface area contributed by atoms with Crippen molar-refractivity contribution in [3.05, 3.63) is 10.6 Å². The van der Waals surface area contributed by atoms with Gasteiger partial charge in [-0.15, -0.1) is 11.8 Å². The van der Waals surface area contributed by atoms with Crippen LogP contribution in [0.25, 0.3) is 0 Å². The third-order valence-corrected chi connectivity index (χ3v) is 4.15. The molecule has 1 fully saturated rings. The standard InChI is InChI=1S/C11H13N3O5S/c1-5(15)13-11(19)12-3-2-6-9(10(17)18)14-7(16)4-8(14)20-6/h8H,2-4H2,1H3,(H,17,18)(H2,12,13,15,19)/t8-/m1/s1. The van der Waals surface area contributed by atoms with E-state index in [0.29, 0.717) is 17.7 Å². The molecule has 1 atom stereocenters. The molecule has 2 heterocycles. The maximum Gasteiger partial charge on any atom is 0.353 e. The number of carboxylic acids is 1. The van der Waals surface area contributed by atoms with Crippen molar-refractivity contribution >= 4 is 35.6 Å². The Morgan fingerprint density at radius 3 is 2.70 bits per heavy atom. The van der Waals surface area contributed by atoms with Gasteiger partial charge in [0, 0.05) is 18.4 Å². The lowest BCUT2D eigenvalue weighted by atomic mass is 10.1. The molecule has 2 rings (SSSR count). The lowest BCUT2D eigenvalue weighted by molar-refractivity contribution is -0.145. The first-order valence-corrected chi connectivity index (χ1v) is 6.78. The predicted molar refractivity (Wildman–Crippen MR) is 69.3 cm³/mol. The average Bonchev–Trinajstić information content (AvgIpc) is 2.61. The van der Waals surface area contributed by atoms with Gasteiger partial charge >= 0.3 is 12.0 Å². The number of urea groups is 1. The van der Waals surface area contributed by atoms with E-state index >= 15 is 0 Å². The lowest BCUT2D eigenvalue weighted by Gasteiger charge is -2.33. The summed E-state index contributed by atoms with van der Waals surface area (Å²) in [6.45, 7) is 1.40. The van der Waals surface area contributed by atoms with Crippen LogP contribution in [0.5, 0.6) is 0 Å². The number of thioether (sulfide) groups is 1. The third-order valence-electron chi connectivity index (χ3n) is 2.82. The van der Waals surface area contributed by atoms with Gasteiger partial charge in [-0.05, 0) is 6.42 Å². The maximum atomic E-state index is 11.4. The van der Waals surface area contributed by atoms with Crippen molar-refractivity contribution in [2.45, 2.75) is 25.1 Å². The van der Waals surface area contributed by atoms with Crippen LogP contribution in [0.3, 0.4) is 0 Å². The summed E-state index contributed by atoms with van der Waals surface area (Å²) in [6.07, 6.45) is 0.640. The summed E-state index contributed by atoms with van der Waals surface area (Å²) < 4.78 is 0. The van der Waals surface area contributed by atoms with E-state index in [-0.39, 0.29) is 23.5 Å². The fourth-order valence-electron chi connectivity index (χ4n) is 2.00. The minimum atomic E-state index is -1.14. The highest BCUT2D eigenvalue weighted by molar-refractivity contribution is 8.04. The molecular weight excluding hydrogens is 286 g/mol. The molecule has 2 aliphatic rings. The Labute approximate surface area is 118 Å². The largest absolute Gasteiger partial charge is 0.477 e. The number of amides is 4. The van der Waals surface area contributed by atoms with Gasteiger partial charge in [0.2, 0.25) is 11.8 Å². The van der Waals surface area contributed by atoms with Crippen LogP contribution in [-0.4, -0.2) is 45.7 Å². The molecular formula is C11H13N3O5S. The minimum absolute atomic E-state index is 0.00465. The summed E-state index contributed by atoms with van der Waals surface area (Å²) in [5.74, 6) is -1.81. The average molecular weight is 299 g/mol. The van der Waals surface area contributed by atoms with Crippen molar-refractivity contribution in [3.63, 3.8) is 0 Å². The van der Waals surface area contributed by atoms with Crippen molar-refractivity contribution in [2.24, 2.45) is 0 Å². The number of carbonyl (C=O) groups excluding carboxylic acids is 3. The number of nitrogens with one attached hydrogen (secondary N) is 2. The lowest BCUT2D eigenvalue weighted by Crippen LogP contribution is -2.48. The zero-order valence-electron chi connectivity index (χ0n) is 10.6. The molecule has 4 amide bonds. The SMILES string of the molecule is CC(=O)NC(=O)NCCC1=C(C(=O)O)N2C(=O)C[C@H]2S1. The molecule has 0 radical (unpaired) electrons. The van der Waals surface area contributed by atoms with Crippen molar-refractivity contribution in [2.75, 3.05) is 6.54 Å². The van der Waals surface area contributed by atoms with E-state index < -0.39 is 17.9 Å². The maximum absolute atomic E-state index is 11.4. The van der Waals surface area contributed by atoms with Gasteiger partial charge in [-0.1, -0.05) is 0 Å². The Morgan fingerprint density at radius 1 is 1.45 bits per heavy atom. The van der Waals surface area contributed by atoms with Gasteiger partial charge in [0.05, 0.1) is 11.8 Å². The van der Waals surface area contributed by atoms with E-state index in [4.69, 9.17) is 5.11 Å². The predicted octanol–water partition coefficient (Wildman–Crippen LogP) is -0.176. The number of rotatable bonds is 4. The van der Waals surface area contributed by atoms with Gasteiger partial charge in [0.25, 0.3) is 0 Å². The number of fused-ring (bicyclic) bond motifs is 1. The van der Waals surface area contributed by atoms with Crippen molar-refractivity contribution < 1.29 is 24.3 Å². The summed E-state index contributed by atoms with van der Waals surface area (Å²) in [6, 6.07) is -0.627. The van der Waals surface area contributed by atoms with Crippen molar-refractivity contribution in [1.29, 1.82) is 0 Å². The van der Waals surface area contributed by atoms with Crippen LogP contribution < -0.4 is 10.6 Å². The molecule has 3 N–H and O–H groups in total. The van der Waals surface area contributed by atoms with Gasteiger partial charge in [-0.2, -0.15) is 0 Å². The number of hydrogen-bond acceptors (Lipinski definition) is 5. The summed E-state index contributed by atoms with van der Waals surface area (Å²) in [7, 11) is 0. The normalized spacial score (nSPS) is 20.4. The van der Waals surface area contributed by atoms with E-state index in [1.54, 1.807) is 0 Å². The Hall–Kier alpha value is -2.03. The first-order valence-electron chi connectivity index (χ1n) is 5.90. The molecule has 8 nitrogen and oxygen atoms in total. The molecule has 108 valence electrons. The second-order valence-electron chi connectivity index (χ2n) is 4.30. The van der Waals surface area contributed by atoms with Gasteiger partial charge in [-0.25, -0.2) is 9.59 Å². The number of carboxylic acid groups (broad SMARTS) is 1. The van der Waals surface area contributed by atoms with Crippen LogP contribution in [-0.2, 0) is 14.4 Å². The molecule has 0 bridgehead atoms. The Bertz CT molecular complexity index is 530. The van der Waals surface area contributed by atoms with Crippen LogP contribution in [0.1, 0.15) is 19.8 Å². The van der Waals surface area contributed by atoms with Crippen LogP contribution in [0, 0.1) is 0 Å². The van der Waals surface area contributed by atoms with E-state index in [0.717, 1.165) is 0 Å². The van der Waals surface area contributed by atoms with Gasteiger partial charge in [0.15, 0.2) is 0 Å². The van der Waals surface area contributed by atoms with Gasteiger partial charge < -0.3 is 10.4 Å². The monoisotopic (exact) mass is 299 g/mol. The second-order valence-corrected chi connectivity index (χ2v) is 5.58. The number of hydrogen-bond donors (Lipinski definition) is 3. The minimum Gasteiger partial charge on any atom is -0.477 e. The number of β-lactam (4-membered cyclic amide) rings is 1. The Kier molecular flexibility index (Phi) is 3.98. The summed E-state index contributed by atoms with van der Waals surface area (Å²) >= 11 is 1.33. The molecule has 20 heavy (non-hydrogen) atoms. The Morgan fingerprint density at radius 2 is 2.15 bits per heavy atom. The van der Waals surface area contributed by atoms with Gasteiger partial charge in [-0.3, -0.25) is 19.8 Å². The van der Waals surface area contributed by atoms with Crippen molar-refractivity contribution in [1.82, 2.24) is 15.5 Å². The fraction of sp³-hybridized carbons (Fsp3) is 0.455. The number of carbonyl (C=O) groups is 4. The van der Waals surface area contributed by atoms with Crippen molar-refractivity contribution in [3.8, 4) is 0 Å². The molecule has 0 aliphatic carbocycles. The fourth-order valence-corrected chi connectivity index (χ4v) is 3.40. The second kappa shape index (κ2) is 5.53. The van der Waals surface area contributed by atoms with Crippen LogP contribution in [0.4, 0.5) is 4.79 Å². The number of aliphatic carboxylic acids is 1. The molecule has 0 aromatic rings. The Balaban J connectivity index is 1.92. The quantitative estimate of drug-likeness (QED) is 0.620. The molecule has 0 aromatic heterocycles. The van der Waals surface area contributed by atoms with E-state index in [2.05, 4.69) is 5.32 Å². The molecule has 0 aromatic carbocycles. The molecule has 0 saturated carbocycles. The molecule has 2 aliphatic heterocycles. The number of nitrogens with zero attached hydrogens (tertiary/aromatic N) is 1.